The van der Waals surface area contributed by atoms with E-state index < -0.39 is 101 Å². The summed E-state index contributed by atoms with van der Waals surface area (Å²) in [5, 5.41) is 48.2. The lowest BCUT2D eigenvalue weighted by atomic mass is 9.41. The lowest BCUT2D eigenvalue weighted by Crippen LogP contribution is -2.78. The Labute approximate surface area is 296 Å². The third-order valence-corrected chi connectivity index (χ3v) is 12.5. The van der Waals surface area contributed by atoms with Gasteiger partial charge in [-0.3, -0.25) is 9.59 Å². The lowest BCUT2D eigenvalue weighted by molar-refractivity contribution is -0.296. The number of ketones is 1. The molecule has 51 heavy (non-hydrogen) atoms. The first-order chi connectivity index (χ1) is 23.9. The highest BCUT2D eigenvalue weighted by molar-refractivity contribution is 5.94. The number of hydrogen-bond donors (Lipinski definition) is 5. The second-order valence-corrected chi connectivity index (χ2v) is 15.4. The number of hydrogen-bond acceptors (Lipinski definition) is 12. The smallest absolute Gasteiger partial charge is 0.338 e. The minimum absolute atomic E-state index is 0.0193. The molecule has 6 rings (SSSR count). The summed E-state index contributed by atoms with van der Waals surface area (Å²) in [6.45, 7) is 7.44. The summed E-state index contributed by atoms with van der Waals surface area (Å²) in [5.74, 6) is -5.24. The molecule has 0 heterocycles. The molecule has 2 aromatic carbocycles. The van der Waals surface area contributed by atoms with Crippen molar-refractivity contribution in [2.24, 2.45) is 28.4 Å². The van der Waals surface area contributed by atoms with Gasteiger partial charge >= 0.3 is 17.9 Å². The van der Waals surface area contributed by atoms with E-state index in [1.54, 1.807) is 69.3 Å². The summed E-state index contributed by atoms with van der Waals surface area (Å²) in [4.78, 5) is 55.1. The number of Topliss-reactive ketones (excluding diaryl/α,β-unsaturated/α-hetero) is 1. The number of ether oxygens (including phenoxy) is 3. The summed E-state index contributed by atoms with van der Waals surface area (Å²) in [6, 6.07) is 15.3. The topological polar surface area (TPSA) is 203 Å². The largest absolute Gasteiger partial charge is 0.458 e. The molecule has 0 aromatic heterocycles. The van der Waals surface area contributed by atoms with Gasteiger partial charge in [0.05, 0.1) is 29.0 Å². The van der Waals surface area contributed by atoms with Gasteiger partial charge in [-0.15, -0.1) is 0 Å². The van der Waals surface area contributed by atoms with Crippen LogP contribution in [0.25, 0.3) is 0 Å². The van der Waals surface area contributed by atoms with Crippen LogP contribution >= 0.6 is 0 Å². The van der Waals surface area contributed by atoms with Crippen LogP contribution in [0.1, 0.15) is 82.3 Å². The molecule has 0 radical (unpaired) electrons. The number of carbonyl (C=O) groups is 4. The quantitative estimate of drug-likeness (QED) is 0.160. The first-order valence-electron chi connectivity index (χ1n) is 17.4. The van der Waals surface area contributed by atoms with Gasteiger partial charge in [-0.25, -0.2) is 9.59 Å². The monoisotopic (exact) mass is 705 g/mol. The summed E-state index contributed by atoms with van der Waals surface area (Å²) >= 11 is 0. The van der Waals surface area contributed by atoms with Crippen molar-refractivity contribution in [3.63, 3.8) is 0 Å². The number of carbonyl (C=O) groups excluding carboxylic acids is 4. The van der Waals surface area contributed by atoms with Gasteiger partial charge in [0.1, 0.15) is 29.5 Å². The lowest BCUT2D eigenvalue weighted by Gasteiger charge is -2.68. The molecule has 4 aliphatic rings. The minimum atomic E-state index is -2.22. The fourth-order valence-corrected chi connectivity index (χ4v) is 9.53. The van der Waals surface area contributed by atoms with Gasteiger partial charge in [0.15, 0.2) is 11.9 Å². The van der Waals surface area contributed by atoms with Crippen molar-refractivity contribution in [1.82, 2.24) is 0 Å². The molecule has 0 spiro atoms. The molecular weight excluding hydrogens is 658 g/mol. The number of benzene rings is 2. The van der Waals surface area contributed by atoms with Crippen LogP contribution in [0.5, 0.6) is 0 Å². The molecule has 3 saturated carbocycles. The highest BCUT2D eigenvalue weighted by Crippen LogP contribution is 2.67. The van der Waals surface area contributed by atoms with E-state index in [4.69, 9.17) is 19.9 Å². The molecule has 3 fully saturated rings. The van der Waals surface area contributed by atoms with E-state index in [2.05, 4.69) is 0 Å². The van der Waals surface area contributed by atoms with E-state index in [0.29, 0.717) is 12.0 Å². The van der Waals surface area contributed by atoms with E-state index in [1.165, 1.54) is 26.0 Å². The van der Waals surface area contributed by atoms with Crippen LogP contribution in [0.15, 0.2) is 71.8 Å². The Morgan fingerprint density at radius 2 is 1.57 bits per heavy atom. The molecule has 11 atom stereocenters. The summed E-state index contributed by atoms with van der Waals surface area (Å²) < 4.78 is 18.3. The van der Waals surface area contributed by atoms with E-state index in [9.17, 15) is 39.6 Å². The van der Waals surface area contributed by atoms with Gasteiger partial charge < -0.3 is 40.4 Å². The maximum atomic E-state index is 14.8. The van der Waals surface area contributed by atoms with Crippen molar-refractivity contribution < 1.29 is 53.8 Å². The third-order valence-electron chi connectivity index (χ3n) is 12.5. The molecular formula is C39H47NO11. The zero-order valence-corrected chi connectivity index (χ0v) is 29.4. The van der Waals surface area contributed by atoms with Gasteiger partial charge in [0.2, 0.25) is 0 Å². The summed E-state index contributed by atoms with van der Waals surface area (Å²) in [7, 11) is 0. The number of esters is 3. The SMILES string of the molecule is CC(=O)O[C@@]12CC[C@@H]1C[C@H](O)[C@@]1(C)C(=O)[C@H](O)C3=C(C)[C@@H](OC(=O)[C@H](O)[C@@H](N)c4ccccc4)C[C@@](O)([C@@H](OC(=O)c4ccccc4)[C@H]21)C3(C)C. The first-order valence-corrected chi connectivity index (χ1v) is 17.4. The van der Waals surface area contributed by atoms with Crippen LogP contribution < -0.4 is 5.73 Å². The predicted octanol–water partition coefficient (Wildman–Crippen LogP) is 2.70. The van der Waals surface area contributed by atoms with Crippen LogP contribution in [-0.2, 0) is 28.6 Å². The van der Waals surface area contributed by atoms with E-state index in [-0.39, 0.29) is 29.6 Å². The van der Waals surface area contributed by atoms with Gasteiger partial charge in [0.25, 0.3) is 0 Å². The Bertz CT molecular complexity index is 1740. The summed E-state index contributed by atoms with van der Waals surface area (Å²) in [5.41, 5.74) is 0.0139. The van der Waals surface area contributed by atoms with Crippen molar-refractivity contribution in [3.8, 4) is 0 Å². The Kier molecular flexibility index (Phi) is 9.34. The van der Waals surface area contributed by atoms with Gasteiger partial charge in [-0.05, 0) is 62.0 Å². The third kappa shape index (κ3) is 5.54. The Morgan fingerprint density at radius 1 is 0.961 bits per heavy atom. The Morgan fingerprint density at radius 3 is 2.14 bits per heavy atom. The van der Waals surface area contributed by atoms with E-state index >= 15 is 0 Å². The molecule has 4 aliphatic carbocycles. The second kappa shape index (κ2) is 12.9. The van der Waals surface area contributed by atoms with Crippen molar-refractivity contribution in [2.75, 3.05) is 0 Å². The van der Waals surface area contributed by atoms with Crippen molar-refractivity contribution in [3.05, 3.63) is 82.9 Å². The fourth-order valence-electron chi connectivity index (χ4n) is 9.53. The van der Waals surface area contributed by atoms with E-state index in [1.807, 2.05) is 0 Å². The second-order valence-electron chi connectivity index (χ2n) is 15.4. The summed E-state index contributed by atoms with van der Waals surface area (Å²) in [6.07, 6.45) is -7.66. The zero-order valence-electron chi connectivity index (χ0n) is 29.4. The van der Waals surface area contributed by atoms with Crippen molar-refractivity contribution >= 4 is 23.7 Å². The normalized spacial score (nSPS) is 36.5. The Hall–Kier alpha value is -3.94. The van der Waals surface area contributed by atoms with Crippen LogP contribution in [-0.4, -0.2) is 85.8 Å². The Balaban J connectivity index is 1.53. The van der Waals surface area contributed by atoms with Crippen LogP contribution in [0, 0.1) is 22.7 Å². The standard InChI is InChI=1S/C39H47NO11/c1-20-25(49-35(47)30(44)28(40)22-12-8-6-9-13-22)19-39(48)33(50-34(46)23-14-10-7-11-15-23)31-37(5,32(45)29(43)27(20)36(39,3)4)26(42)18-24-16-17-38(24,31)51-21(2)41/h6-15,24-26,28-31,33,42-44,48H,16-19,40H2,1-5H3/t24-,25+,26+,28+,29-,30-,31+,33+,37-,38+,39-/m1/s1. The van der Waals surface area contributed by atoms with Crippen LogP contribution in [0.4, 0.5) is 0 Å². The van der Waals surface area contributed by atoms with Gasteiger partial charge in [0, 0.05) is 24.7 Å². The molecule has 12 heteroatoms. The fraction of sp³-hybridized carbons (Fsp3) is 0.538. The molecule has 0 aliphatic heterocycles. The average molecular weight is 706 g/mol. The van der Waals surface area contributed by atoms with Gasteiger partial charge in [-0.1, -0.05) is 62.4 Å². The van der Waals surface area contributed by atoms with Crippen LogP contribution in [0.3, 0.4) is 0 Å². The molecule has 0 saturated heterocycles. The highest BCUT2D eigenvalue weighted by atomic mass is 16.6. The predicted molar refractivity (Wildman–Crippen MR) is 181 cm³/mol. The van der Waals surface area contributed by atoms with Crippen molar-refractivity contribution in [2.45, 2.75) is 108 Å². The zero-order chi connectivity index (χ0) is 37.3. The number of fused-ring (bicyclic) bond motifs is 5. The molecule has 0 amide bonds. The number of rotatable bonds is 7. The molecule has 6 N–H and O–H groups in total. The maximum Gasteiger partial charge on any atom is 0.338 e. The highest BCUT2D eigenvalue weighted by Gasteiger charge is 2.77. The average Bonchev–Trinajstić information content (AvgIpc) is 3.09. The number of aliphatic hydroxyl groups excluding tert-OH is 3. The minimum Gasteiger partial charge on any atom is -0.458 e. The first kappa shape index (κ1) is 36.8. The molecule has 2 bridgehead atoms. The maximum absolute atomic E-state index is 14.8. The van der Waals surface area contributed by atoms with Crippen LogP contribution in [0.2, 0.25) is 0 Å². The van der Waals surface area contributed by atoms with E-state index in [0.717, 1.165) is 0 Å². The molecule has 274 valence electrons. The van der Waals surface area contributed by atoms with Gasteiger partial charge in [-0.2, -0.15) is 0 Å². The number of aliphatic hydroxyl groups is 4. The number of nitrogens with two attached hydrogens (primary N) is 1. The van der Waals surface area contributed by atoms with Crippen molar-refractivity contribution in [1.29, 1.82) is 0 Å². The molecule has 12 nitrogen and oxygen atoms in total. The molecule has 2 aromatic rings. The molecule has 0 unspecified atom stereocenters.